The van der Waals surface area contributed by atoms with Gasteiger partial charge in [0.2, 0.25) is 0 Å². The van der Waals surface area contributed by atoms with Crippen molar-refractivity contribution in [3.63, 3.8) is 0 Å². The Morgan fingerprint density at radius 2 is 1.76 bits per heavy atom. The Bertz CT molecular complexity index is 655. The molecule has 0 saturated carbocycles. The third kappa shape index (κ3) is 6.81. The zero-order valence-corrected chi connectivity index (χ0v) is 17.0. The van der Waals surface area contributed by atoms with Crippen LogP contribution in [-0.4, -0.2) is 31.2 Å². The van der Waals surface area contributed by atoms with Crippen LogP contribution in [0, 0.1) is 0 Å². The maximum absolute atomic E-state index is 5.97. The van der Waals surface area contributed by atoms with Gasteiger partial charge in [-0.1, -0.05) is 23.3 Å². The summed E-state index contributed by atoms with van der Waals surface area (Å²) in [7, 11) is 0. The number of halogens is 1. The van der Waals surface area contributed by atoms with Gasteiger partial charge >= 0.3 is 0 Å². The molecule has 0 aromatic heterocycles. The molecule has 1 N–H and O–H groups in total. The Balaban J connectivity index is 2.18. The first-order valence-corrected chi connectivity index (χ1v) is 9.70. The monoisotopic (exact) mass is 378 g/mol. The minimum Gasteiger partial charge on any atom is -0.378 e. The van der Waals surface area contributed by atoms with Crippen molar-refractivity contribution in [3.05, 3.63) is 64.0 Å². The summed E-state index contributed by atoms with van der Waals surface area (Å²) < 4.78 is 8.97. The van der Waals surface area contributed by atoms with Crippen molar-refractivity contribution < 1.29 is 4.74 Å². The van der Waals surface area contributed by atoms with Crippen LogP contribution in [0.25, 0.3) is 0 Å². The predicted molar refractivity (Wildman–Crippen MR) is 109 cm³/mol. The Kier molecular flexibility index (Phi) is 7.94. The highest BCUT2D eigenvalue weighted by Crippen LogP contribution is 2.23. The van der Waals surface area contributed by atoms with E-state index in [2.05, 4.69) is 49.6 Å². The molecule has 1 heterocycles. The summed E-state index contributed by atoms with van der Waals surface area (Å²) in [4.78, 5) is 3.45. The smallest absolute Gasteiger partial charge is 0.0642 e. The fraction of sp³-hybridized carbons (Fsp3) is 0.400. The summed E-state index contributed by atoms with van der Waals surface area (Å²) in [5.74, 6) is 0. The number of nitrogens with zero attached hydrogens (tertiary/aromatic N) is 1. The quantitative estimate of drug-likeness (QED) is 0.528. The third-order valence-electron chi connectivity index (χ3n) is 3.80. The van der Waals surface area contributed by atoms with E-state index in [1.165, 1.54) is 16.7 Å². The number of nitrogens with one attached hydrogen (secondary N) is 1. The Morgan fingerprint density at radius 3 is 2.36 bits per heavy atom. The predicted octanol–water partition coefficient (Wildman–Crippen LogP) is 5.41. The van der Waals surface area contributed by atoms with Gasteiger partial charge in [0.1, 0.15) is 0 Å². The van der Waals surface area contributed by atoms with Crippen LogP contribution < -0.4 is 4.72 Å². The van der Waals surface area contributed by atoms with E-state index < -0.39 is 0 Å². The van der Waals surface area contributed by atoms with E-state index in [1.54, 1.807) is 11.9 Å². The summed E-state index contributed by atoms with van der Waals surface area (Å²) in [6.45, 7) is 12.0. The molecule has 0 unspecified atom stereocenters. The first kappa shape index (κ1) is 20.0. The van der Waals surface area contributed by atoms with Crippen molar-refractivity contribution in [2.45, 2.75) is 32.6 Å². The van der Waals surface area contributed by atoms with Crippen molar-refractivity contribution in [1.82, 2.24) is 9.62 Å². The molecule has 1 fully saturated rings. The maximum Gasteiger partial charge on any atom is 0.0642 e. The number of rotatable bonds is 6. The Labute approximate surface area is 160 Å². The van der Waals surface area contributed by atoms with Crippen LogP contribution >= 0.6 is 23.5 Å². The van der Waals surface area contributed by atoms with Crippen LogP contribution in [-0.2, 0) is 4.74 Å². The lowest BCUT2D eigenvalue weighted by atomic mass is 10.1. The average molecular weight is 379 g/mol. The van der Waals surface area contributed by atoms with Crippen LogP contribution in [0.3, 0.4) is 0 Å². The lowest BCUT2D eigenvalue weighted by Gasteiger charge is -2.26. The molecule has 0 radical (unpaired) electrons. The molecule has 1 aromatic carbocycles. The normalized spacial score (nSPS) is 16.4. The molecule has 1 saturated heterocycles. The van der Waals surface area contributed by atoms with Crippen molar-refractivity contribution in [3.8, 4) is 0 Å². The van der Waals surface area contributed by atoms with Crippen molar-refractivity contribution >= 4 is 23.5 Å². The molecule has 1 aromatic rings. The second-order valence-electron chi connectivity index (χ2n) is 6.40. The SMILES string of the molecule is CC(C)=C/C(C)=C(NSc1ccc(Cl)cc1)\C(C)=C\N1CCOCC1. The molecule has 25 heavy (non-hydrogen) atoms. The molecule has 0 bridgehead atoms. The molecule has 0 spiro atoms. The highest BCUT2D eigenvalue weighted by molar-refractivity contribution is 7.97. The minimum absolute atomic E-state index is 0.754. The Hall–Kier alpha value is -1.36. The first-order chi connectivity index (χ1) is 12.0. The zero-order valence-electron chi connectivity index (χ0n) is 15.4. The number of allylic oxidation sites excluding steroid dienone is 4. The molecule has 3 nitrogen and oxygen atoms in total. The van der Waals surface area contributed by atoms with Crippen LogP contribution in [0.2, 0.25) is 5.02 Å². The van der Waals surface area contributed by atoms with E-state index in [9.17, 15) is 0 Å². The first-order valence-electron chi connectivity index (χ1n) is 8.50. The van der Waals surface area contributed by atoms with Gasteiger partial charge in [0.25, 0.3) is 0 Å². The van der Waals surface area contributed by atoms with E-state index in [1.807, 2.05) is 24.3 Å². The van der Waals surface area contributed by atoms with Gasteiger partial charge in [-0.2, -0.15) is 0 Å². The highest BCUT2D eigenvalue weighted by atomic mass is 35.5. The summed E-state index contributed by atoms with van der Waals surface area (Å²) in [6, 6.07) is 7.87. The molecule has 0 atom stereocenters. The third-order valence-corrected chi connectivity index (χ3v) is 4.87. The Morgan fingerprint density at radius 1 is 1.12 bits per heavy atom. The molecule has 1 aliphatic rings. The van der Waals surface area contributed by atoms with Crippen LogP contribution in [0.15, 0.2) is 63.9 Å². The molecular formula is C20H27ClN2OS. The number of hydrogen-bond acceptors (Lipinski definition) is 4. The van der Waals surface area contributed by atoms with E-state index in [0.717, 1.165) is 41.9 Å². The lowest BCUT2D eigenvalue weighted by Crippen LogP contribution is -2.32. The number of morpholine rings is 1. The zero-order chi connectivity index (χ0) is 18.2. The topological polar surface area (TPSA) is 24.5 Å². The molecule has 1 aliphatic heterocycles. The van der Waals surface area contributed by atoms with Crippen LogP contribution in [0.5, 0.6) is 0 Å². The van der Waals surface area contributed by atoms with Crippen LogP contribution in [0.4, 0.5) is 0 Å². The fourth-order valence-corrected chi connectivity index (χ4v) is 3.57. The molecule has 136 valence electrons. The van der Waals surface area contributed by atoms with Crippen molar-refractivity contribution in [2.75, 3.05) is 26.3 Å². The second-order valence-corrected chi connectivity index (χ2v) is 7.71. The standard InChI is InChI=1S/C20H27ClN2OS/c1-15(2)13-16(3)20(17(4)14-23-9-11-24-12-10-23)22-25-19-7-5-18(21)6-8-19/h5-8,13-14,22H,9-12H2,1-4H3/b17-14+,20-16+. The summed E-state index contributed by atoms with van der Waals surface area (Å²) in [5, 5.41) is 0.754. The molecule has 0 amide bonds. The lowest BCUT2D eigenvalue weighted by molar-refractivity contribution is 0.0591. The summed E-state index contributed by atoms with van der Waals surface area (Å²) >= 11 is 7.57. The number of hydrogen-bond donors (Lipinski definition) is 1. The van der Waals surface area contributed by atoms with Gasteiger partial charge in [0.15, 0.2) is 0 Å². The van der Waals surface area contributed by atoms with Crippen molar-refractivity contribution in [2.24, 2.45) is 0 Å². The van der Waals surface area contributed by atoms with Crippen LogP contribution in [0.1, 0.15) is 27.7 Å². The van der Waals surface area contributed by atoms with Gasteiger partial charge in [-0.15, -0.1) is 0 Å². The summed E-state index contributed by atoms with van der Waals surface area (Å²) in [6.07, 6.45) is 4.44. The number of ether oxygens (including phenoxy) is 1. The van der Waals surface area contributed by atoms with Gasteiger partial charge < -0.3 is 14.4 Å². The number of benzene rings is 1. The second kappa shape index (κ2) is 9.95. The van der Waals surface area contributed by atoms with Gasteiger partial charge in [0.05, 0.1) is 18.9 Å². The maximum atomic E-state index is 5.97. The van der Waals surface area contributed by atoms with Gasteiger partial charge in [-0.3, -0.25) is 0 Å². The van der Waals surface area contributed by atoms with E-state index in [-0.39, 0.29) is 0 Å². The summed E-state index contributed by atoms with van der Waals surface area (Å²) in [5.41, 5.74) is 4.88. The van der Waals surface area contributed by atoms with E-state index in [4.69, 9.17) is 16.3 Å². The fourth-order valence-electron chi connectivity index (χ4n) is 2.63. The van der Waals surface area contributed by atoms with Crippen molar-refractivity contribution in [1.29, 1.82) is 0 Å². The van der Waals surface area contributed by atoms with E-state index >= 15 is 0 Å². The minimum atomic E-state index is 0.754. The van der Waals surface area contributed by atoms with Gasteiger partial charge in [0, 0.05) is 29.2 Å². The average Bonchev–Trinajstić information content (AvgIpc) is 2.57. The molecular weight excluding hydrogens is 352 g/mol. The largest absolute Gasteiger partial charge is 0.378 e. The molecule has 5 heteroatoms. The van der Waals surface area contributed by atoms with E-state index in [0.29, 0.717) is 0 Å². The molecule has 2 rings (SSSR count). The van der Waals surface area contributed by atoms with Gasteiger partial charge in [-0.05, 0) is 75.1 Å². The van der Waals surface area contributed by atoms with Gasteiger partial charge in [-0.25, -0.2) is 0 Å². The molecule has 0 aliphatic carbocycles. The highest BCUT2D eigenvalue weighted by Gasteiger charge is 2.10.